The summed E-state index contributed by atoms with van der Waals surface area (Å²) in [6.07, 6.45) is -1.11. The number of rotatable bonds is 11. The molecule has 4 rings (SSSR count). The molecule has 2 aliphatic heterocycles. The highest BCUT2D eigenvalue weighted by atomic mass is 16.5. The first kappa shape index (κ1) is 36.1. The van der Waals surface area contributed by atoms with Gasteiger partial charge in [-0.05, 0) is 37.8 Å². The van der Waals surface area contributed by atoms with E-state index in [9.17, 15) is 24.0 Å². The monoisotopic (exact) mass is 640 g/mol. The number of piperidine rings is 1. The Hall–Kier alpha value is -4.33. The third kappa shape index (κ3) is 9.35. The first-order chi connectivity index (χ1) is 21.7. The van der Waals surface area contributed by atoms with Crippen molar-refractivity contribution in [3.05, 3.63) is 71.8 Å². The number of ether oxygens (including phenoxy) is 1. The molecule has 2 aliphatic rings. The lowest BCUT2D eigenvalue weighted by Gasteiger charge is -2.43. The fraction of sp³-hybridized carbons (Fsp3) is 0.485. The van der Waals surface area contributed by atoms with Gasteiger partial charge in [-0.25, -0.2) is 4.79 Å². The molecule has 46 heavy (non-hydrogen) atoms. The number of nitrogens with zero attached hydrogens (tertiary/aromatic N) is 2. The third-order valence-corrected chi connectivity index (χ3v) is 8.17. The number of aliphatic carboxylic acids is 2. The molecule has 2 saturated heterocycles. The molecule has 2 aromatic rings. The number of aliphatic hydroxyl groups is 1. The zero-order chi connectivity index (χ0) is 34.1. The van der Waals surface area contributed by atoms with Crippen molar-refractivity contribution in [3.63, 3.8) is 0 Å². The minimum absolute atomic E-state index is 0.00727. The minimum Gasteiger partial charge on any atom is -0.481 e. The molecule has 2 aromatic carbocycles. The number of hydrogen-bond acceptors (Lipinski definition) is 8. The minimum atomic E-state index is -1.79. The molecule has 0 unspecified atom stereocenters. The van der Waals surface area contributed by atoms with Crippen molar-refractivity contribution in [1.82, 2.24) is 15.1 Å². The zero-order valence-electron chi connectivity index (χ0n) is 26.4. The lowest BCUT2D eigenvalue weighted by Crippen LogP contribution is -2.60. The van der Waals surface area contributed by atoms with Crippen LogP contribution in [0.2, 0.25) is 0 Å². The summed E-state index contributed by atoms with van der Waals surface area (Å²) in [5, 5.41) is 27.0. The van der Waals surface area contributed by atoms with Crippen molar-refractivity contribution in [2.24, 2.45) is 11.1 Å². The van der Waals surface area contributed by atoms with E-state index in [2.05, 4.69) is 17.4 Å². The van der Waals surface area contributed by atoms with E-state index >= 15 is 0 Å². The molecule has 0 radical (unpaired) electrons. The predicted molar refractivity (Wildman–Crippen MR) is 167 cm³/mol. The summed E-state index contributed by atoms with van der Waals surface area (Å²) >= 11 is 0. The molecule has 6 N–H and O–H groups in total. The van der Waals surface area contributed by atoms with Gasteiger partial charge in [-0.3, -0.25) is 19.2 Å². The number of nitrogens with two attached hydrogens (primary N) is 1. The van der Waals surface area contributed by atoms with Crippen LogP contribution in [0.5, 0.6) is 0 Å². The van der Waals surface area contributed by atoms with Crippen LogP contribution < -0.4 is 11.1 Å². The van der Waals surface area contributed by atoms with Crippen LogP contribution in [0, 0.1) is 5.41 Å². The zero-order valence-corrected chi connectivity index (χ0v) is 26.4. The number of nitrogens with one attached hydrogen (secondary N) is 1. The average Bonchev–Trinajstić information content (AvgIpc) is 3.25. The summed E-state index contributed by atoms with van der Waals surface area (Å²) in [4.78, 5) is 63.0. The molecule has 0 saturated carbocycles. The summed E-state index contributed by atoms with van der Waals surface area (Å²) in [5.74, 6) is -3.46. The summed E-state index contributed by atoms with van der Waals surface area (Å²) in [6.45, 7) is 4.98. The van der Waals surface area contributed by atoms with Crippen molar-refractivity contribution in [3.8, 4) is 0 Å². The van der Waals surface area contributed by atoms with E-state index in [1.54, 1.807) is 23.6 Å². The fourth-order valence-corrected chi connectivity index (χ4v) is 5.76. The molecule has 13 nitrogen and oxygen atoms in total. The van der Waals surface area contributed by atoms with Crippen LogP contribution in [-0.2, 0) is 35.3 Å². The number of amides is 3. The van der Waals surface area contributed by atoms with Crippen LogP contribution in [-0.4, -0.2) is 106 Å². The van der Waals surface area contributed by atoms with Crippen molar-refractivity contribution < 1.29 is 44.0 Å². The maximum Gasteiger partial charge on any atom is 0.333 e. The molecule has 2 heterocycles. The quantitative estimate of drug-likeness (QED) is 0.238. The normalized spacial score (nSPS) is 20.8. The average molecular weight is 641 g/mol. The second-order valence-electron chi connectivity index (χ2n) is 12.4. The lowest BCUT2D eigenvalue weighted by atomic mass is 9.69. The molecule has 0 aromatic heterocycles. The molecule has 13 heteroatoms. The third-order valence-electron chi connectivity index (χ3n) is 8.17. The molecule has 0 aliphatic carbocycles. The van der Waals surface area contributed by atoms with E-state index in [1.165, 1.54) is 0 Å². The Balaban J connectivity index is 0.000000559. The Morgan fingerprint density at radius 2 is 1.67 bits per heavy atom. The van der Waals surface area contributed by atoms with Gasteiger partial charge in [-0.15, -0.1) is 0 Å². The van der Waals surface area contributed by atoms with Crippen molar-refractivity contribution in [1.29, 1.82) is 0 Å². The Bertz CT molecular complexity index is 1370. The molecule has 250 valence electrons. The van der Waals surface area contributed by atoms with Crippen LogP contribution >= 0.6 is 0 Å². The summed E-state index contributed by atoms with van der Waals surface area (Å²) in [5.41, 5.74) is 6.26. The number of carboxylic acid groups (broad SMARTS) is 2. The summed E-state index contributed by atoms with van der Waals surface area (Å²) in [7, 11) is 1.83. The van der Waals surface area contributed by atoms with E-state index in [0.717, 1.165) is 17.5 Å². The fourth-order valence-electron chi connectivity index (χ4n) is 5.76. The predicted octanol–water partition coefficient (Wildman–Crippen LogP) is 1.20. The van der Waals surface area contributed by atoms with E-state index in [4.69, 9.17) is 25.8 Å². The summed E-state index contributed by atoms with van der Waals surface area (Å²) < 4.78 is 5.87. The summed E-state index contributed by atoms with van der Waals surface area (Å²) in [6, 6.07) is 18.8. The smallest absolute Gasteiger partial charge is 0.333 e. The number of likely N-dealkylation sites (tertiary alicyclic amines) is 2. The molecule has 1 spiro atoms. The highest BCUT2D eigenvalue weighted by molar-refractivity contribution is 5.93. The number of carboxylic acids is 2. The van der Waals surface area contributed by atoms with Gasteiger partial charge in [0.1, 0.15) is 6.04 Å². The highest BCUT2D eigenvalue weighted by Crippen LogP contribution is 2.49. The van der Waals surface area contributed by atoms with Crippen LogP contribution in [0.15, 0.2) is 60.7 Å². The number of hydrogen-bond donors (Lipinski definition) is 5. The number of benzene rings is 2. The second kappa shape index (κ2) is 15.8. The Kier molecular flexibility index (Phi) is 12.4. The van der Waals surface area contributed by atoms with Gasteiger partial charge in [-0.2, -0.15) is 0 Å². The van der Waals surface area contributed by atoms with Crippen LogP contribution in [0.25, 0.3) is 0 Å². The van der Waals surface area contributed by atoms with Crippen LogP contribution in [0.4, 0.5) is 0 Å². The Morgan fingerprint density at radius 1 is 1.07 bits per heavy atom. The van der Waals surface area contributed by atoms with E-state index in [0.29, 0.717) is 32.7 Å². The van der Waals surface area contributed by atoms with Crippen molar-refractivity contribution in [2.45, 2.75) is 63.3 Å². The maximum absolute atomic E-state index is 13.8. The molecule has 3 amide bonds. The number of likely N-dealkylation sites (N-methyl/N-ethyl adjacent to an activating group) is 1. The van der Waals surface area contributed by atoms with Gasteiger partial charge in [-0.1, -0.05) is 60.7 Å². The van der Waals surface area contributed by atoms with Gasteiger partial charge in [0.2, 0.25) is 17.7 Å². The number of carbonyl (C=O) groups is 5. The highest BCUT2D eigenvalue weighted by Gasteiger charge is 2.55. The van der Waals surface area contributed by atoms with Gasteiger partial charge in [0.25, 0.3) is 0 Å². The van der Waals surface area contributed by atoms with E-state index < -0.39 is 47.4 Å². The standard InChI is InChI=1S/C29H38N4O4.C4H6O5/c1-28(2,30)26(35)31-24(19-37-18-21-11-6-4-7-12-21)25(34)33-16-10-15-29(20-33)23(17-32(3)27(29)36)22-13-8-5-9-14-22;5-2(4(8)9)1-3(6)7/h4-9,11-14,23-24H,10,15-20,30H2,1-3H3,(H,31,35);2,5H,1H2,(H,6,7)(H,8,9)/t23-,24+,29-;2-/m00/s1. The molecular weight excluding hydrogens is 596 g/mol. The van der Waals surface area contributed by atoms with Gasteiger partial charge in [0.05, 0.1) is 30.6 Å². The van der Waals surface area contributed by atoms with Gasteiger partial charge in [0, 0.05) is 32.6 Å². The Morgan fingerprint density at radius 3 is 2.22 bits per heavy atom. The van der Waals surface area contributed by atoms with E-state index in [1.807, 2.05) is 55.6 Å². The van der Waals surface area contributed by atoms with Crippen LogP contribution in [0.1, 0.15) is 50.2 Å². The molecule has 4 atom stereocenters. The number of carbonyl (C=O) groups excluding carboxylic acids is 3. The van der Waals surface area contributed by atoms with Gasteiger partial charge in [0.15, 0.2) is 6.10 Å². The lowest BCUT2D eigenvalue weighted by molar-refractivity contribution is -0.152. The largest absolute Gasteiger partial charge is 0.481 e. The topological polar surface area (TPSA) is 200 Å². The molecule has 2 fully saturated rings. The number of aliphatic hydroxyl groups excluding tert-OH is 1. The van der Waals surface area contributed by atoms with Crippen LogP contribution in [0.3, 0.4) is 0 Å². The molecular formula is C33H44N4O9. The Labute approximate surface area is 268 Å². The van der Waals surface area contributed by atoms with E-state index in [-0.39, 0.29) is 24.3 Å². The SMILES string of the molecule is CN1C[C@@H](c2ccccc2)[C@@]2(CCCN(C(=O)[C@@H](COCc3ccccc3)NC(=O)C(C)(C)N)C2)C1=O.O=C(O)C[C@H](O)C(=O)O. The first-order valence-electron chi connectivity index (χ1n) is 15.1. The van der Waals surface area contributed by atoms with Gasteiger partial charge < -0.3 is 40.9 Å². The van der Waals surface area contributed by atoms with Gasteiger partial charge >= 0.3 is 11.9 Å². The van der Waals surface area contributed by atoms with Crippen molar-refractivity contribution in [2.75, 3.05) is 33.3 Å². The maximum atomic E-state index is 13.8. The molecule has 0 bridgehead atoms. The second-order valence-corrected chi connectivity index (χ2v) is 12.4. The van der Waals surface area contributed by atoms with Crippen molar-refractivity contribution >= 4 is 29.7 Å². The first-order valence-corrected chi connectivity index (χ1v) is 15.1.